The van der Waals surface area contributed by atoms with Gasteiger partial charge in [-0.3, -0.25) is 9.59 Å². The van der Waals surface area contributed by atoms with Crippen molar-refractivity contribution in [2.24, 2.45) is 0 Å². The van der Waals surface area contributed by atoms with Crippen LogP contribution in [0.15, 0.2) is 18.2 Å². The van der Waals surface area contributed by atoms with Crippen LogP contribution in [0.1, 0.15) is 12.0 Å². The Hall–Kier alpha value is -1.20. The molecule has 0 spiro atoms. The minimum Gasteiger partial charge on any atom is -0.481 e. The molecule has 0 radical (unpaired) electrons. The molecule has 0 saturated heterocycles. The van der Waals surface area contributed by atoms with E-state index in [4.69, 9.17) is 16.7 Å². The maximum absolute atomic E-state index is 11.5. The van der Waals surface area contributed by atoms with E-state index in [1.54, 1.807) is 12.1 Å². The molecule has 6 heteroatoms. The Bertz CT molecular complexity index is 451. The van der Waals surface area contributed by atoms with Crippen LogP contribution in [0.25, 0.3) is 0 Å². The van der Waals surface area contributed by atoms with E-state index >= 15 is 0 Å². The highest BCUT2D eigenvalue weighted by Crippen LogP contribution is 2.20. The largest absolute Gasteiger partial charge is 0.481 e. The van der Waals surface area contributed by atoms with Crippen LogP contribution in [-0.2, 0) is 9.59 Å². The normalized spacial score (nSPS) is 10.1. The molecule has 0 aliphatic carbocycles. The topological polar surface area (TPSA) is 66.4 Å². The zero-order valence-electron chi connectivity index (χ0n) is 9.90. The van der Waals surface area contributed by atoms with Gasteiger partial charge in [-0.25, -0.2) is 0 Å². The SMILES string of the molecule is Cc1ccc(NC(=O)CSCCC(=O)O)cc1Cl. The molecule has 0 aliphatic heterocycles. The van der Waals surface area contributed by atoms with Crippen molar-refractivity contribution < 1.29 is 14.7 Å². The summed E-state index contributed by atoms with van der Waals surface area (Å²) in [6, 6.07) is 5.30. The van der Waals surface area contributed by atoms with Gasteiger partial charge in [-0.05, 0) is 24.6 Å². The second kappa shape index (κ2) is 7.28. The molecule has 0 aromatic heterocycles. The summed E-state index contributed by atoms with van der Waals surface area (Å²) in [5, 5.41) is 11.8. The van der Waals surface area contributed by atoms with E-state index in [-0.39, 0.29) is 18.1 Å². The van der Waals surface area contributed by atoms with Crippen molar-refractivity contribution in [3.63, 3.8) is 0 Å². The van der Waals surface area contributed by atoms with Crippen molar-refractivity contribution in [2.75, 3.05) is 16.8 Å². The Morgan fingerprint density at radius 3 is 2.78 bits per heavy atom. The summed E-state index contributed by atoms with van der Waals surface area (Å²) in [6.45, 7) is 1.88. The molecule has 0 unspecified atom stereocenters. The molecule has 0 saturated carbocycles. The quantitative estimate of drug-likeness (QED) is 0.790. The number of hydrogen-bond donors (Lipinski definition) is 2. The molecule has 1 aromatic rings. The minimum absolute atomic E-state index is 0.0638. The van der Waals surface area contributed by atoms with Crippen molar-refractivity contribution in [3.05, 3.63) is 28.8 Å². The number of carboxylic acid groups (broad SMARTS) is 1. The van der Waals surface area contributed by atoms with Gasteiger partial charge in [-0.1, -0.05) is 17.7 Å². The fourth-order valence-electron chi connectivity index (χ4n) is 1.19. The third-order valence-corrected chi connectivity index (χ3v) is 3.52. The molecule has 1 rings (SSSR count). The third kappa shape index (κ3) is 5.42. The minimum atomic E-state index is -0.853. The predicted octanol–water partition coefficient (Wildman–Crippen LogP) is 2.79. The summed E-state index contributed by atoms with van der Waals surface area (Å²) in [6.07, 6.45) is 0.0638. The van der Waals surface area contributed by atoms with Crippen LogP contribution in [0, 0.1) is 6.92 Å². The number of nitrogens with one attached hydrogen (secondary N) is 1. The lowest BCUT2D eigenvalue weighted by molar-refractivity contribution is -0.136. The number of benzene rings is 1. The van der Waals surface area contributed by atoms with E-state index in [9.17, 15) is 9.59 Å². The fourth-order valence-corrected chi connectivity index (χ4v) is 2.09. The standard InChI is InChI=1S/C12H14ClNO3S/c1-8-2-3-9(6-10(8)13)14-11(15)7-18-5-4-12(16)17/h2-3,6H,4-5,7H2,1H3,(H,14,15)(H,16,17). The average Bonchev–Trinajstić information content (AvgIpc) is 2.29. The van der Waals surface area contributed by atoms with E-state index in [2.05, 4.69) is 5.32 Å². The number of carbonyl (C=O) groups excluding carboxylic acids is 1. The van der Waals surface area contributed by atoms with Crippen LogP contribution in [-0.4, -0.2) is 28.5 Å². The lowest BCUT2D eigenvalue weighted by Crippen LogP contribution is -2.14. The zero-order chi connectivity index (χ0) is 13.5. The van der Waals surface area contributed by atoms with Gasteiger partial charge in [-0.15, -0.1) is 0 Å². The Balaban J connectivity index is 2.35. The summed E-state index contributed by atoms with van der Waals surface area (Å²) < 4.78 is 0. The van der Waals surface area contributed by atoms with Gasteiger partial charge < -0.3 is 10.4 Å². The van der Waals surface area contributed by atoms with E-state index < -0.39 is 5.97 Å². The molecule has 1 aromatic carbocycles. The second-order valence-corrected chi connectivity index (χ2v) is 5.22. The molecule has 1 amide bonds. The number of rotatable bonds is 6. The summed E-state index contributed by atoms with van der Waals surface area (Å²) in [5.74, 6) is -0.352. The summed E-state index contributed by atoms with van der Waals surface area (Å²) in [5.41, 5.74) is 1.60. The van der Waals surface area contributed by atoms with Crippen LogP contribution in [0.5, 0.6) is 0 Å². The lowest BCUT2D eigenvalue weighted by atomic mass is 10.2. The zero-order valence-corrected chi connectivity index (χ0v) is 11.5. The predicted molar refractivity (Wildman–Crippen MR) is 74.4 cm³/mol. The number of thioether (sulfide) groups is 1. The maximum atomic E-state index is 11.5. The molecule has 0 bridgehead atoms. The van der Waals surface area contributed by atoms with Crippen LogP contribution >= 0.6 is 23.4 Å². The molecule has 0 fully saturated rings. The molecule has 2 N–H and O–H groups in total. The molecular formula is C12H14ClNO3S. The number of aliphatic carboxylic acids is 1. The summed E-state index contributed by atoms with van der Waals surface area (Å²) in [7, 11) is 0. The highest BCUT2D eigenvalue weighted by atomic mass is 35.5. The van der Waals surface area contributed by atoms with Crippen LogP contribution < -0.4 is 5.32 Å². The first kappa shape index (κ1) is 14.9. The fraction of sp³-hybridized carbons (Fsp3) is 0.333. The molecule has 0 aliphatic rings. The van der Waals surface area contributed by atoms with Gasteiger partial charge in [0.1, 0.15) is 0 Å². The van der Waals surface area contributed by atoms with Gasteiger partial charge in [-0.2, -0.15) is 11.8 Å². The Morgan fingerprint density at radius 1 is 1.44 bits per heavy atom. The molecule has 18 heavy (non-hydrogen) atoms. The van der Waals surface area contributed by atoms with Gasteiger partial charge in [0, 0.05) is 16.5 Å². The first-order valence-corrected chi connectivity index (χ1v) is 6.88. The Kier molecular flexibility index (Phi) is 6.01. The first-order valence-electron chi connectivity index (χ1n) is 5.34. The van der Waals surface area contributed by atoms with E-state index in [0.29, 0.717) is 16.5 Å². The van der Waals surface area contributed by atoms with Crippen LogP contribution in [0.2, 0.25) is 5.02 Å². The number of carbonyl (C=O) groups is 2. The maximum Gasteiger partial charge on any atom is 0.304 e. The van der Waals surface area contributed by atoms with Crippen molar-refractivity contribution in [1.29, 1.82) is 0 Å². The number of halogens is 1. The number of hydrogen-bond acceptors (Lipinski definition) is 3. The highest BCUT2D eigenvalue weighted by molar-refractivity contribution is 7.99. The van der Waals surface area contributed by atoms with Crippen molar-refractivity contribution in [1.82, 2.24) is 0 Å². The van der Waals surface area contributed by atoms with Crippen molar-refractivity contribution >= 4 is 40.9 Å². The van der Waals surface area contributed by atoms with Gasteiger partial charge in [0.05, 0.1) is 12.2 Å². The Morgan fingerprint density at radius 2 is 2.17 bits per heavy atom. The van der Waals surface area contributed by atoms with Gasteiger partial charge >= 0.3 is 5.97 Å². The van der Waals surface area contributed by atoms with Gasteiger partial charge in [0.15, 0.2) is 0 Å². The molecule has 98 valence electrons. The third-order valence-electron chi connectivity index (χ3n) is 2.15. The Labute approximate surface area is 115 Å². The van der Waals surface area contributed by atoms with Gasteiger partial charge in [0.2, 0.25) is 5.91 Å². The molecule has 0 atom stereocenters. The van der Waals surface area contributed by atoms with E-state index in [1.165, 1.54) is 11.8 Å². The molecule has 0 heterocycles. The summed E-state index contributed by atoms with van der Waals surface area (Å²) in [4.78, 5) is 21.8. The van der Waals surface area contributed by atoms with E-state index in [0.717, 1.165) is 5.56 Å². The number of aryl methyl sites for hydroxylation is 1. The average molecular weight is 288 g/mol. The smallest absolute Gasteiger partial charge is 0.304 e. The summed E-state index contributed by atoms with van der Waals surface area (Å²) >= 11 is 7.23. The number of anilines is 1. The van der Waals surface area contributed by atoms with E-state index in [1.807, 2.05) is 13.0 Å². The van der Waals surface area contributed by atoms with Crippen molar-refractivity contribution in [3.8, 4) is 0 Å². The molecular weight excluding hydrogens is 274 g/mol. The monoisotopic (exact) mass is 287 g/mol. The van der Waals surface area contributed by atoms with Crippen molar-refractivity contribution in [2.45, 2.75) is 13.3 Å². The highest BCUT2D eigenvalue weighted by Gasteiger charge is 2.05. The molecule has 4 nitrogen and oxygen atoms in total. The van der Waals surface area contributed by atoms with Gasteiger partial charge in [0.25, 0.3) is 0 Å². The van der Waals surface area contributed by atoms with Crippen LogP contribution in [0.4, 0.5) is 5.69 Å². The lowest BCUT2D eigenvalue weighted by Gasteiger charge is -2.06. The second-order valence-electron chi connectivity index (χ2n) is 3.71. The van der Waals surface area contributed by atoms with Crippen LogP contribution in [0.3, 0.4) is 0 Å². The number of amides is 1. The first-order chi connectivity index (χ1) is 8.49. The number of carboxylic acids is 1.